The summed E-state index contributed by atoms with van der Waals surface area (Å²) in [4.78, 5) is 13.7. The number of carbonyl (C=O) groups excluding carboxylic acids is 1. The first-order valence-electron chi connectivity index (χ1n) is 8.60. The number of sulfonamides is 1. The Morgan fingerprint density at radius 1 is 1.07 bits per heavy atom. The molecule has 0 saturated carbocycles. The van der Waals surface area contributed by atoms with Crippen molar-refractivity contribution in [2.24, 2.45) is 0 Å². The van der Waals surface area contributed by atoms with Gasteiger partial charge in [0.15, 0.2) is 0 Å². The molecule has 0 aromatic heterocycles. The number of likely N-dealkylation sites (N-methyl/N-ethyl adjacent to an activating group) is 1. The average Bonchev–Trinajstić information content (AvgIpc) is 2.65. The third-order valence-corrected chi connectivity index (χ3v) is 5.80. The Morgan fingerprint density at radius 2 is 1.70 bits per heavy atom. The molecule has 9 heteroatoms. The monoisotopic (exact) mass is 393 g/mol. The molecule has 1 amide bonds. The molecule has 1 aliphatic heterocycles. The summed E-state index contributed by atoms with van der Waals surface area (Å²) in [6, 6.07) is 11.0. The van der Waals surface area contributed by atoms with Gasteiger partial charge in [0.05, 0.1) is 43.8 Å². The molecule has 0 radical (unpaired) electrons. The van der Waals surface area contributed by atoms with Gasteiger partial charge in [0, 0.05) is 5.56 Å². The zero-order valence-electron chi connectivity index (χ0n) is 14.9. The first-order chi connectivity index (χ1) is 12.8. The van der Waals surface area contributed by atoms with Gasteiger partial charge in [-0.1, -0.05) is 12.1 Å². The van der Waals surface area contributed by atoms with Crippen LogP contribution in [0.2, 0.25) is 0 Å². The lowest BCUT2D eigenvalue weighted by Gasteiger charge is -2.30. The number of para-hydroxylation sites is 1. The molecule has 2 aromatic carbocycles. The summed E-state index contributed by atoms with van der Waals surface area (Å²) in [6.07, 6.45) is 0. The van der Waals surface area contributed by atoms with Crippen LogP contribution in [-0.2, 0) is 10.0 Å². The van der Waals surface area contributed by atoms with Gasteiger partial charge < -0.3 is 4.90 Å². The van der Waals surface area contributed by atoms with Crippen LogP contribution in [0.4, 0.5) is 10.1 Å². The largest absolute Gasteiger partial charge is 0.335 e. The number of rotatable bonds is 5. The van der Waals surface area contributed by atoms with E-state index in [0.29, 0.717) is 5.56 Å². The Kier molecular flexibility index (Phi) is 5.73. The standard InChI is InChI=1S/C18H21FN4O3S/c1-22-10-12-23(13-11-22)20-18(24)14-6-8-15(9-7-14)27(25,26)21-17-5-3-2-4-16(17)19/h2-9,21H,10-13H2,1H3,(H,20,24)/p+1. The van der Waals surface area contributed by atoms with Gasteiger partial charge in [-0.15, -0.1) is 0 Å². The SMILES string of the molecule is C[NH+]1CCN(NC(=O)c2ccc(S(=O)(=O)Nc3ccccc3F)cc2)CC1. The Hall–Kier alpha value is -2.49. The van der Waals surface area contributed by atoms with Crippen LogP contribution in [0.25, 0.3) is 0 Å². The van der Waals surface area contributed by atoms with Crippen molar-refractivity contribution in [2.75, 3.05) is 37.9 Å². The molecule has 0 spiro atoms. The number of benzene rings is 2. The molecular formula is C18H22FN4O3S+. The highest BCUT2D eigenvalue weighted by atomic mass is 32.2. The van der Waals surface area contributed by atoms with Crippen molar-refractivity contribution in [3.63, 3.8) is 0 Å². The molecule has 0 atom stereocenters. The summed E-state index contributed by atoms with van der Waals surface area (Å²) in [7, 11) is -1.84. The highest BCUT2D eigenvalue weighted by Crippen LogP contribution is 2.19. The van der Waals surface area contributed by atoms with Crippen molar-refractivity contribution in [1.82, 2.24) is 10.4 Å². The van der Waals surface area contributed by atoms with Gasteiger partial charge >= 0.3 is 0 Å². The second-order valence-corrected chi connectivity index (χ2v) is 8.18. The maximum atomic E-state index is 13.7. The Morgan fingerprint density at radius 3 is 2.33 bits per heavy atom. The number of piperazine rings is 1. The molecule has 3 N–H and O–H groups in total. The normalized spacial score (nSPS) is 16.1. The number of hydrogen-bond acceptors (Lipinski definition) is 4. The molecule has 3 rings (SSSR count). The van der Waals surface area contributed by atoms with Crippen LogP contribution >= 0.6 is 0 Å². The highest BCUT2D eigenvalue weighted by Gasteiger charge is 2.20. The van der Waals surface area contributed by atoms with Gasteiger partial charge in [-0.05, 0) is 36.4 Å². The smallest absolute Gasteiger partial charge is 0.265 e. The van der Waals surface area contributed by atoms with Crippen LogP contribution in [0.3, 0.4) is 0 Å². The zero-order chi connectivity index (χ0) is 19.4. The zero-order valence-corrected chi connectivity index (χ0v) is 15.7. The highest BCUT2D eigenvalue weighted by molar-refractivity contribution is 7.92. The lowest BCUT2D eigenvalue weighted by Crippen LogP contribution is -3.12. The van der Waals surface area contributed by atoms with Crippen LogP contribution in [0.5, 0.6) is 0 Å². The van der Waals surface area contributed by atoms with Crippen LogP contribution in [0.1, 0.15) is 10.4 Å². The molecular weight excluding hydrogens is 371 g/mol. The first-order valence-corrected chi connectivity index (χ1v) is 10.1. The Labute approximate surface area is 157 Å². The van der Waals surface area contributed by atoms with Gasteiger partial charge in [0.1, 0.15) is 5.82 Å². The number of amides is 1. The van der Waals surface area contributed by atoms with Crippen LogP contribution < -0.4 is 15.0 Å². The van der Waals surface area contributed by atoms with E-state index in [4.69, 9.17) is 0 Å². The van der Waals surface area contributed by atoms with E-state index in [2.05, 4.69) is 17.2 Å². The summed E-state index contributed by atoms with van der Waals surface area (Å²) in [5.41, 5.74) is 3.05. The van der Waals surface area contributed by atoms with Crippen molar-refractivity contribution in [3.8, 4) is 0 Å². The van der Waals surface area contributed by atoms with E-state index in [1.807, 2.05) is 5.01 Å². The maximum absolute atomic E-state index is 13.7. The molecule has 2 aromatic rings. The van der Waals surface area contributed by atoms with Crippen molar-refractivity contribution >= 4 is 21.6 Å². The number of nitrogens with zero attached hydrogens (tertiary/aromatic N) is 1. The molecule has 0 aliphatic carbocycles. The lowest BCUT2D eigenvalue weighted by atomic mass is 10.2. The van der Waals surface area contributed by atoms with E-state index in [1.54, 1.807) is 0 Å². The summed E-state index contributed by atoms with van der Waals surface area (Å²) in [5, 5.41) is 1.86. The van der Waals surface area contributed by atoms with Crippen LogP contribution in [0.15, 0.2) is 53.4 Å². The lowest BCUT2D eigenvalue weighted by molar-refractivity contribution is -0.884. The minimum atomic E-state index is -3.95. The number of anilines is 1. The summed E-state index contributed by atoms with van der Waals surface area (Å²) in [5.74, 6) is -0.952. The Balaban J connectivity index is 1.67. The fraction of sp³-hybridized carbons (Fsp3) is 0.278. The fourth-order valence-corrected chi connectivity index (χ4v) is 3.81. The molecule has 7 nitrogen and oxygen atoms in total. The van der Waals surface area contributed by atoms with Crippen molar-refractivity contribution < 1.29 is 22.5 Å². The first kappa shape index (κ1) is 19.3. The quantitative estimate of drug-likeness (QED) is 0.673. The van der Waals surface area contributed by atoms with Crippen molar-refractivity contribution in [2.45, 2.75) is 4.90 Å². The topological polar surface area (TPSA) is 83.0 Å². The van der Waals surface area contributed by atoms with Gasteiger partial charge in [-0.3, -0.25) is 14.9 Å². The molecule has 27 heavy (non-hydrogen) atoms. The molecule has 1 heterocycles. The molecule has 1 saturated heterocycles. The van der Waals surface area contributed by atoms with E-state index in [9.17, 15) is 17.6 Å². The maximum Gasteiger partial charge on any atom is 0.265 e. The average molecular weight is 393 g/mol. The van der Waals surface area contributed by atoms with E-state index in [-0.39, 0.29) is 16.5 Å². The molecule has 0 bridgehead atoms. The minimum Gasteiger partial charge on any atom is -0.335 e. The number of hydrogen-bond donors (Lipinski definition) is 3. The molecule has 1 aliphatic rings. The number of hydrazine groups is 1. The molecule has 0 unspecified atom stereocenters. The number of halogens is 1. The third-order valence-electron chi connectivity index (χ3n) is 4.42. The summed E-state index contributed by atoms with van der Waals surface area (Å²) in [6.45, 7) is 3.41. The predicted molar refractivity (Wildman–Crippen MR) is 99.3 cm³/mol. The van der Waals surface area contributed by atoms with Gasteiger partial charge in [-0.2, -0.15) is 0 Å². The Bertz CT molecular complexity index is 910. The summed E-state index contributed by atoms with van der Waals surface area (Å²) < 4.78 is 40.7. The van der Waals surface area contributed by atoms with E-state index < -0.39 is 15.8 Å². The van der Waals surface area contributed by atoms with Crippen LogP contribution in [0, 0.1) is 5.82 Å². The van der Waals surface area contributed by atoms with Gasteiger partial charge in [-0.25, -0.2) is 17.8 Å². The third kappa shape index (κ3) is 4.82. The predicted octanol–water partition coefficient (Wildman–Crippen LogP) is 0.102. The number of quaternary nitrogens is 1. The summed E-state index contributed by atoms with van der Waals surface area (Å²) >= 11 is 0. The van der Waals surface area contributed by atoms with E-state index in [1.165, 1.54) is 53.4 Å². The second kappa shape index (κ2) is 8.03. The molecule has 1 fully saturated rings. The van der Waals surface area contributed by atoms with Crippen molar-refractivity contribution in [1.29, 1.82) is 0 Å². The van der Waals surface area contributed by atoms with Crippen LogP contribution in [-0.4, -0.2) is 52.6 Å². The fourth-order valence-electron chi connectivity index (χ4n) is 2.74. The van der Waals surface area contributed by atoms with Gasteiger partial charge in [0.25, 0.3) is 15.9 Å². The van der Waals surface area contributed by atoms with Crippen molar-refractivity contribution in [3.05, 3.63) is 59.9 Å². The minimum absolute atomic E-state index is 0.0505. The number of nitrogens with one attached hydrogen (secondary N) is 3. The van der Waals surface area contributed by atoms with Gasteiger partial charge in [0.2, 0.25) is 0 Å². The van der Waals surface area contributed by atoms with E-state index in [0.717, 1.165) is 26.2 Å². The number of carbonyl (C=O) groups is 1. The second-order valence-electron chi connectivity index (χ2n) is 6.49. The molecule has 144 valence electrons. The van der Waals surface area contributed by atoms with E-state index >= 15 is 0 Å².